The number of fused-ring (bicyclic) bond motifs is 1. The molecule has 1 aromatic carbocycles. The first-order valence-electron chi connectivity index (χ1n) is 8.50. The van der Waals surface area contributed by atoms with E-state index in [0.29, 0.717) is 13.1 Å². The first-order chi connectivity index (χ1) is 11.8. The van der Waals surface area contributed by atoms with Gasteiger partial charge in [-0.05, 0) is 39.3 Å². The number of carbonyl (C=O) groups excluding carboxylic acids is 2. The fourth-order valence-electron chi connectivity index (χ4n) is 3.04. The van der Waals surface area contributed by atoms with Gasteiger partial charge >= 0.3 is 6.09 Å². The van der Waals surface area contributed by atoms with Crippen molar-refractivity contribution < 1.29 is 14.3 Å². The molecule has 0 bridgehead atoms. The number of carbonyl (C=O) groups is 2. The molecule has 1 aliphatic rings. The second-order valence-electron chi connectivity index (χ2n) is 7.28. The number of nitrogens with one attached hydrogen (secondary N) is 1. The van der Waals surface area contributed by atoms with Crippen LogP contribution in [0.2, 0.25) is 0 Å². The zero-order valence-electron chi connectivity index (χ0n) is 14.9. The van der Waals surface area contributed by atoms with E-state index in [1.54, 1.807) is 25.7 Å². The third-order valence-corrected chi connectivity index (χ3v) is 4.17. The standard InChI is InChI=1S/C18H24N4O3/c1-18(2,3)25-17(24)19-10-16(23)21-9-8-13(11-21)22-12-20-14-6-4-5-7-15(14)22/h4-7,12-13H,8-11H2,1-3H3,(H,19,24)/t13-/m0/s1. The van der Waals surface area contributed by atoms with Crippen molar-refractivity contribution in [2.45, 2.75) is 38.8 Å². The number of alkyl carbamates (subject to hydrolysis) is 1. The van der Waals surface area contributed by atoms with Gasteiger partial charge in [-0.25, -0.2) is 9.78 Å². The summed E-state index contributed by atoms with van der Waals surface area (Å²) in [6.45, 7) is 6.60. The van der Waals surface area contributed by atoms with Crippen LogP contribution >= 0.6 is 0 Å². The van der Waals surface area contributed by atoms with Gasteiger partial charge in [0.05, 0.1) is 23.4 Å². The molecule has 1 N–H and O–H groups in total. The van der Waals surface area contributed by atoms with Crippen LogP contribution in [0.25, 0.3) is 11.0 Å². The molecule has 0 aliphatic carbocycles. The van der Waals surface area contributed by atoms with Crippen molar-refractivity contribution in [3.63, 3.8) is 0 Å². The van der Waals surface area contributed by atoms with Crippen LogP contribution < -0.4 is 5.32 Å². The molecule has 2 heterocycles. The molecule has 2 aromatic rings. The highest BCUT2D eigenvalue weighted by Gasteiger charge is 2.28. The topological polar surface area (TPSA) is 76.5 Å². The van der Waals surface area contributed by atoms with Gasteiger partial charge in [0, 0.05) is 13.1 Å². The van der Waals surface area contributed by atoms with Gasteiger partial charge < -0.3 is 19.5 Å². The number of para-hydroxylation sites is 2. The summed E-state index contributed by atoms with van der Waals surface area (Å²) in [4.78, 5) is 30.2. The van der Waals surface area contributed by atoms with Gasteiger partial charge in [-0.2, -0.15) is 0 Å². The van der Waals surface area contributed by atoms with Crippen LogP contribution in [0, 0.1) is 0 Å². The number of benzene rings is 1. The Morgan fingerprint density at radius 3 is 2.84 bits per heavy atom. The lowest BCUT2D eigenvalue weighted by Gasteiger charge is -2.21. The summed E-state index contributed by atoms with van der Waals surface area (Å²) in [7, 11) is 0. The number of ether oxygens (including phenoxy) is 1. The minimum absolute atomic E-state index is 0.0493. The van der Waals surface area contributed by atoms with E-state index < -0.39 is 11.7 Å². The van der Waals surface area contributed by atoms with Gasteiger partial charge in [0.1, 0.15) is 12.1 Å². The molecule has 1 aliphatic heterocycles. The Kier molecular flexibility index (Phi) is 4.65. The molecule has 1 atom stereocenters. The Morgan fingerprint density at radius 2 is 2.08 bits per heavy atom. The number of aromatic nitrogens is 2. The molecule has 3 rings (SSSR count). The van der Waals surface area contributed by atoms with Crippen LogP contribution in [-0.4, -0.2) is 51.7 Å². The highest BCUT2D eigenvalue weighted by Crippen LogP contribution is 2.25. The van der Waals surface area contributed by atoms with E-state index in [9.17, 15) is 9.59 Å². The summed E-state index contributed by atoms with van der Waals surface area (Å²) in [5.41, 5.74) is 1.46. The summed E-state index contributed by atoms with van der Waals surface area (Å²) in [6, 6.07) is 8.18. The normalized spacial score (nSPS) is 17.7. The molecule has 0 spiro atoms. The minimum Gasteiger partial charge on any atom is -0.444 e. The number of amides is 2. The van der Waals surface area contributed by atoms with Gasteiger partial charge in [0.15, 0.2) is 0 Å². The van der Waals surface area contributed by atoms with Gasteiger partial charge in [0.25, 0.3) is 0 Å². The maximum absolute atomic E-state index is 12.3. The van der Waals surface area contributed by atoms with E-state index in [2.05, 4.69) is 14.9 Å². The second-order valence-corrected chi connectivity index (χ2v) is 7.28. The largest absolute Gasteiger partial charge is 0.444 e. The van der Waals surface area contributed by atoms with Crippen molar-refractivity contribution in [2.24, 2.45) is 0 Å². The van der Waals surface area contributed by atoms with Crippen molar-refractivity contribution in [2.75, 3.05) is 19.6 Å². The molecule has 7 nitrogen and oxygen atoms in total. The summed E-state index contributed by atoms with van der Waals surface area (Å²) in [6.07, 6.45) is 2.14. The smallest absolute Gasteiger partial charge is 0.408 e. The number of hydrogen-bond acceptors (Lipinski definition) is 4. The number of rotatable bonds is 3. The molecule has 134 valence electrons. The summed E-state index contributed by atoms with van der Waals surface area (Å²) in [5, 5.41) is 2.52. The van der Waals surface area contributed by atoms with Gasteiger partial charge in [-0.3, -0.25) is 4.79 Å². The Hall–Kier alpha value is -2.57. The number of hydrogen-bond donors (Lipinski definition) is 1. The third kappa shape index (κ3) is 4.10. The molecule has 1 fully saturated rings. The molecule has 1 saturated heterocycles. The lowest BCUT2D eigenvalue weighted by atomic mass is 10.2. The average Bonchev–Trinajstić information content (AvgIpc) is 3.17. The molecule has 7 heteroatoms. The second kappa shape index (κ2) is 6.74. The molecule has 2 amide bonds. The molecule has 0 radical (unpaired) electrons. The van der Waals surface area contributed by atoms with Crippen molar-refractivity contribution in [1.29, 1.82) is 0 Å². The lowest BCUT2D eigenvalue weighted by molar-refractivity contribution is -0.129. The highest BCUT2D eigenvalue weighted by molar-refractivity contribution is 5.82. The number of imidazole rings is 1. The quantitative estimate of drug-likeness (QED) is 0.927. The Balaban J connectivity index is 1.56. The van der Waals surface area contributed by atoms with Crippen LogP contribution in [0.4, 0.5) is 4.79 Å². The Bertz CT molecular complexity index is 778. The van der Waals surface area contributed by atoms with E-state index in [4.69, 9.17) is 4.74 Å². The van der Waals surface area contributed by atoms with Crippen LogP contribution in [-0.2, 0) is 9.53 Å². The van der Waals surface area contributed by atoms with Gasteiger partial charge in [0.2, 0.25) is 5.91 Å². The number of nitrogens with zero attached hydrogens (tertiary/aromatic N) is 3. The molecular weight excluding hydrogens is 320 g/mol. The summed E-state index contributed by atoms with van der Waals surface area (Å²) >= 11 is 0. The Morgan fingerprint density at radius 1 is 1.32 bits per heavy atom. The molecule has 25 heavy (non-hydrogen) atoms. The van der Waals surface area contributed by atoms with E-state index >= 15 is 0 Å². The zero-order chi connectivity index (χ0) is 18.0. The van der Waals surface area contributed by atoms with Crippen molar-refractivity contribution in [1.82, 2.24) is 19.8 Å². The van der Waals surface area contributed by atoms with Crippen LogP contribution in [0.5, 0.6) is 0 Å². The monoisotopic (exact) mass is 344 g/mol. The van der Waals surface area contributed by atoms with Crippen LogP contribution in [0.1, 0.15) is 33.2 Å². The predicted octanol–water partition coefficient (Wildman–Crippen LogP) is 2.33. The molecular formula is C18H24N4O3. The highest BCUT2D eigenvalue weighted by atomic mass is 16.6. The summed E-state index contributed by atoms with van der Waals surface area (Å²) in [5.74, 6) is -0.0993. The molecule has 0 unspecified atom stereocenters. The molecule has 1 aromatic heterocycles. The SMILES string of the molecule is CC(C)(C)OC(=O)NCC(=O)N1CC[C@H](n2cnc3ccccc32)C1. The van der Waals surface area contributed by atoms with Crippen LogP contribution in [0.15, 0.2) is 30.6 Å². The average molecular weight is 344 g/mol. The van der Waals surface area contributed by atoms with E-state index in [-0.39, 0.29) is 18.5 Å². The van der Waals surface area contributed by atoms with Gasteiger partial charge in [-0.1, -0.05) is 12.1 Å². The summed E-state index contributed by atoms with van der Waals surface area (Å²) < 4.78 is 7.27. The van der Waals surface area contributed by atoms with E-state index in [1.807, 2.05) is 30.6 Å². The first kappa shape index (κ1) is 17.3. The third-order valence-electron chi connectivity index (χ3n) is 4.17. The van der Waals surface area contributed by atoms with Gasteiger partial charge in [-0.15, -0.1) is 0 Å². The van der Waals surface area contributed by atoms with E-state index in [1.165, 1.54) is 0 Å². The maximum atomic E-state index is 12.3. The number of likely N-dealkylation sites (tertiary alicyclic amines) is 1. The van der Waals surface area contributed by atoms with E-state index in [0.717, 1.165) is 17.5 Å². The van der Waals surface area contributed by atoms with Crippen molar-refractivity contribution in [3.05, 3.63) is 30.6 Å². The van der Waals surface area contributed by atoms with Crippen molar-refractivity contribution >= 4 is 23.0 Å². The first-order valence-corrected chi connectivity index (χ1v) is 8.50. The predicted molar refractivity (Wildman–Crippen MR) is 94.2 cm³/mol. The minimum atomic E-state index is -0.575. The Labute approximate surface area is 147 Å². The zero-order valence-corrected chi connectivity index (χ0v) is 14.9. The van der Waals surface area contributed by atoms with Crippen molar-refractivity contribution in [3.8, 4) is 0 Å². The fraction of sp³-hybridized carbons (Fsp3) is 0.500. The lowest BCUT2D eigenvalue weighted by Crippen LogP contribution is -2.41. The maximum Gasteiger partial charge on any atom is 0.408 e. The van der Waals surface area contributed by atoms with Crippen LogP contribution in [0.3, 0.4) is 0 Å². The molecule has 0 saturated carbocycles. The fourth-order valence-corrected chi connectivity index (χ4v) is 3.04.